The van der Waals surface area contributed by atoms with Gasteiger partial charge in [0.05, 0.1) is 5.75 Å². The maximum atomic E-state index is 12.3. The lowest BCUT2D eigenvalue weighted by atomic mass is 9.53. The van der Waals surface area contributed by atoms with Crippen molar-refractivity contribution in [2.75, 3.05) is 12.4 Å². The molecule has 4 saturated carbocycles. The van der Waals surface area contributed by atoms with Crippen molar-refractivity contribution in [2.24, 2.45) is 17.8 Å². The van der Waals surface area contributed by atoms with E-state index in [2.05, 4.69) is 10.6 Å². The molecule has 1 aromatic rings. The molecular weight excluding hydrogens is 396 g/mol. The van der Waals surface area contributed by atoms with Gasteiger partial charge in [-0.15, -0.1) is 23.1 Å². The number of carbonyl (C=O) groups excluding carboxylic acids is 3. The molecule has 4 bridgehead atoms. The summed E-state index contributed by atoms with van der Waals surface area (Å²) in [6, 6.07) is 3.52. The number of rotatable bonds is 7. The molecule has 0 aromatic carbocycles. The molecule has 152 valence electrons. The maximum absolute atomic E-state index is 12.3. The van der Waals surface area contributed by atoms with Crippen molar-refractivity contribution in [3.05, 3.63) is 22.4 Å². The lowest BCUT2D eigenvalue weighted by Crippen LogP contribution is -2.62. The van der Waals surface area contributed by atoms with Crippen molar-refractivity contribution in [2.45, 2.75) is 49.8 Å². The molecule has 0 unspecified atom stereocenters. The van der Waals surface area contributed by atoms with Crippen molar-refractivity contribution < 1.29 is 19.1 Å². The first-order chi connectivity index (χ1) is 13.5. The second-order valence-electron chi connectivity index (χ2n) is 8.43. The van der Waals surface area contributed by atoms with E-state index in [-0.39, 0.29) is 11.3 Å². The van der Waals surface area contributed by atoms with Crippen molar-refractivity contribution in [1.82, 2.24) is 10.6 Å². The SMILES string of the molecule is O=C(COC(=O)CSCc1cccs1)NC(=O)NC12CC3CC(CC(C3)C1)C2. The standard InChI is InChI=1S/C20H26N2O4S2/c23-17(10-26-18(24)12-27-11-16-2-1-3-28-16)21-19(25)22-20-7-13-4-14(8-20)6-15(5-13)9-20/h1-3,13-15H,4-12H2,(H2,21,22,23,25). The molecular formula is C20H26N2O4S2. The van der Waals surface area contributed by atoms with E-state index in [1.807, 2.05) is 17.5 Å². The summed E-state index contributed by atoms with van der Waals surface area (Å²) in [7, 11) is 0. The number of thioether (sulfide) groups is 1. The molecule has 0 saturated heterocycles. The number of ether oxygens (including phenoxy) is 1. The molecule has 3 amide bonds. The highest BCUT2D eigenvalue weighted by molar-refractivity contribution is 7.99. The Bertz CT molecular complexity index is 699. The summed E-state index contributed by atoms with van der Waals surface area (Å²) in [6.45, 7) is -0.424. The van der Waals surface area contributed by atoms with Gasteiger partial charge in [-0.3, -0.25) is 14.9 Å². The van der Waals surface area contributed by atoms with Gasteiger partial charge in [-0.1, -0.05) is 6.07 Å². The highest BCUT2D eigenvalue weighted by Crippen LogP contribution is 2.55. The Morgan fingerprint density at radius 3 is 2.43 bits per heavy atom. The third-order valence-corrected chi connectivity index (χ3v) is 8.09. The first-order valence-corrected chi connectivity index (χ1v) is 11.9. The molecule has 1 heterocycles. The Hall–Kier alpha value is -1.54. The molecule has 28 heavy (non-hydrogen) atoms. The minimum atomic E-state index is -0.584. The largest absolute Gasteiger partial charge is 0.455 e. The van der Waals surface area contributed by atoms with Crippen LogP contribution in [-0.4, -0.2) is 35.8 Å². The van der Waals surface area contributed by atoms with E-state index < -0.39 is 24.5 Å². The first-order valence-electron chi connectivity index (χ1n) is 9.87. The predicted molar refractivity (Wildman–Crippen MR) is 109 cm³/mol. The third kappa shape index (κ3) is 4.89. The summed E-state index contributed by atoms with van der Waals surface area (Å²) in [5, 5.41) is 7.39. The highest BCUT2D eigenvalue weighted by atomic mass is 32.2. The Balaban J connectivity index is 1.15. The van der Waals surface area contributed by atoms with Crippen LogP contribution in [-0.2, 0) is 20.1 Å². The van der Waals surface area contributed by atoms with Crippen LogP contribution in [0.15, 0.2) is 17.5 Å². The number of hydrogen-bond donors (Lipinski definition) is 2. The van der Waals surface area contributed by atoms with E-state index in [9.17, 15) is 14.4 Å². The van der Waals surface area contributed by atoms with E-state index in [4.69, 9.17) is 4.74 Å². The third-order valence-electron chi connectivity index (χ3n) is 6.08. The summed E-state index contributed by atoms with van der Waals surface area (Å²) < 4.78 is 4.97. The molecule has 2 N–H and O–H groups in total. The highest BCUT2D eigenvalue weighted by Gasteiger charge is 2.51. The lowest BCUT2D eigenvalue weighted by Gasteiger charge is -2.56. The van der Waals surface area contributed by atoms with Crippen molar-refractivity contribution >= 4 is 41.0 Å². The zero-order chi connectivity index (χ0) is 19.6. The van der Waals surface area contributed by atoms with Gasteiger partial charge in [0.15, 0.2) is 6.61 Å². The van der Waals surface area contributed by atoms with Gasteiger partial charge in [0.1, 0.15) is 0 Å². The van der Waals surface area contributed by atoms with Gasteiger partial charge in [0.25, 0.3) is 5.91 Å². The van der Waals surface area contributed by atoms with Gasteiger partial charge in [0, 0.05) is 16.2 Å². The second-order valence-corrected chi connectivity index (χ2v) is 10.5. The molecule has 4 aliphatic carbocycles. The van der Waals surface area contributed by atoms with E-state index in [1.165, 1.54) is 35.9 Å². The van der Waals surface area contributed by atoms with E-state index in [0.29, 0.717) is 0 Å². The molecule has 8 heteroatoms. The van der Waals surface area contributed by atoms with Crippen LogP contribution in [0.3, 0.4) is 0 Å². The normalized spacial score (nSPS) is 30.1. The van der Waals surface area contributed by atoms with Crippen LogP contribution in [0.2, 0.25) is 0 Å². The number of carbonyl (C=O) groups is 3. The van der Waals surface area contributed by atoms with Gasteiger partial charge in [0.2, 0.25) is 0 Å². The van der Waals surface area contributed by atoms with Crippen molar-refractivity contribution in [3.63, 3.8) is 0 Å². The molecule has 5 rings (SSSR count). The van der Waals surface area contributed by atoms with Crippen LogP contribution in [0.5, 0.6) is 0 Å². The molecule has 4 fully saturated rings. The summed E-state index contributed by atoms with van der Waals surface area (Å²) in [5.41, 5.74) is -0.145. The Labute approximate surface area is 173 Å². The van der Waals surface area contributed by atoms with Crippen LogP contribution >= 0.6 is 23.1 Å². The molecule has 0 spiro atoms. The Morgan fingerprint density at radius 2 is 1.82 bits per heavy atom. The average molecular weight is 423 g/mol. The number of esters is 1. The summed E-state index contributed by atoms with van der Waals surface area (Å²) in [4.78, 5) is 37.2. The van der Waals surface area contributed by atoms with Crippen molar-refractivity contribution in [3.8, 4) is 0 Å². The molecule has 1 aromatic heterocycles. The fourth-order valence-electron chi connectivity index (χ4n) is 5.52. The minimum Gasteiger partial charge on any atom is -0.455 e. The fraction of sp³-hybridized carbons (Fsp3) is 0.650. The average Bonchev–Trinajstić information content (AvgIpc) is 3.11. The molecule has 4 aliphatic rings. The van der Waals surface area contributed by atoms with Crippen molar-refractivity contribution in [1.29, 1.82) is 0 Å². The predicted octanol–water partition coefficient (Wildman–Crippen LogP) is 3.32. The monoisotopic (exact) mass is 422 g/mol. The molecule has 0 aliphatic heterocycles. The van der Waals surface area contributed by atoms with Gasteiger partial charge in [-0.05, 0) is 67.7 Å². The smallest absolute Gasteiger partial charge is 0.321 e. The number of amides is 3. The number of hydrogen-bond acceptors (Lipinski definition) is 6. The first kappa shape index (κ1) is 19.8. The van der Waals surface area contributed by atoms with Crippen LogP contribution in [0.25, 0.3) is 0 Å². The van der Waals surface area contributed by atoms with E-state index in [1.54, 1.807) is 11.3 Å². The van der Waals surface area contributed by atoms with Gasteiger partial charge >= 0.3 is 12.0 Å². The molecule has 0 radical (unpaired) electrons. The maximum Gasteiger partial charge on any atom is 0.321 e. The summed E-state index contributed by atoms with van der Waals surface area (Å²) in [6.07, 6.45) is 6.96. The molecule has 6 nitrogen and oxygen atoms in total. The number of urea groups is 1. The zero-order valence-electron chi connectivity index (χ0n) is 15.8. The van der Waals surface area contributed by atoms with Crippen LogP contribution in [0.1, 0.15) is 43.4 Å². The second kappa shape index (κ2) is 8.45. The summed E-state index contributed by atoms with van der Waals surface area (Å²) >= 11 is 3.09. The zero-order valence-corrected chi connectivity index (χ0v) is 17.4. The quantitative estimate of drug-likeness (QED) is 0.659. The van der Waals surface area contributed by atoms with Gasteiger partial charge in [-0.25, -0.2) is 4.79 Å². The summed E-state index contributed by atoms with van der Waals surface area (Å²) in [5.74, 6) is 2.05. The van der Waals surface area contributed by atoms with E-state index in [0.717, 1.165) is 42.8 Å². The van der Waals surface area contributed by atoms with Crippen LogP contribution in [0.4, 0.5) is 4.79 Å². The lowest BCUT2D eigenvalue weighted by molar-refractivity contribution is -0.145. The van der Waals surface area contributed by atoms with Crippen LogP contribution < -0.4 is 10.6 Å². The number of imide groups is 1. The van der Waals surface area contributed by atoms with E-state index >= 15 is 0 Å². The van der Waals surface area contributed by atoms with Crippen LogP contribution in [0, 0.1) is 17.8 Å². The van der Waals surface area contributed by atoms with Gasteiger partial charge in [-0.2, -0.15) is 0 Å². The Morgan fingerprint density at radius 1 is 1.14 bits per heavy atom. The number of nitrogens with one attached hydrogen (secondary N) is 2. The number of thiophene rings is 1. The van der Waals surface area contributed by atoms with Gasteiger partial charge < -0.3 is 10.1 Å². The Kier molecular flexibility index (Phi) is 5.96. The molecule has 0 atom stereocenters. The minimum absolute atomic E-state index is 0.145. The fourth-order valence-corrected chi connectivity index (χ4v) is 7.18. The topological polar surface area (TPSA) is 84.5 Å².